The normalized spacial score (nSPS) is 23.8. The minimum Gasteiger partial charge on any atom is -0.380 e. The summed E-state index contributed by atoms with van der Waals surface area (Å²) in [6.45, 7) is 0.908. The van der Waals surface area contributed by atoms with Crippen LogP contribution in [0.4, 0.5) is 23.0 Å². The van der Waals surface area contributed by atoms with Crippen molar-refractivity contribution in [2.24, 2.45) is 18.7 Å². The van der Waals surface area contributed by atoms with E-state index in [2.05, 4.69) is 49.9 Å². The fourth-order valence-electron chi connectivity index (χ4n) is 7.31. The highest BCUT2D eigenvalue weighted by Crippen LogP contribution is 2.40. The molecular formula is C35H50N8O. The molecule has 1 saturated heterocycles. The molecule has 9 nitrogen and oxygen atoms in total. The van der Waals surface area contributed by atoms with Crippen molar-refractivity contribution in [1.82, 2.24) is 19.7 Å². The Labute approximate surface area is 262 Å². The number of aromatic nitrogens is 4. The van der Waals surface area contributed by atoms with E-state index in [1.165, 1.54) is 88.3 Å². The van der Waals surface area contributed by atoms with E-state index < -0.39 is 5.91 Å². The van der Waals surface area contributed by atoms with Crippen LogP contribution in [0.15, 0.2) is 42.9 Å². The zero-order valence-corrected chi connectivity index (χ0v) is 26.4. The predicted octanol–water partition coefficient (Wildman–Crippen LogP) is 7.30. The van der Waals surface area contributed by atoms with Gasteiger partial charge in [0.15, 0.2) is 11.5 Å². The van der Waals surface area contributed by atoms with Crippen LogP contribution in [0.1, 0.15) is 118 Å². The fourth-order valence-corrected chi connectivity index (χ4v) is 7.31. The number of amides is 1. The average Bonchev–Trinajstić information content (AvgIpc) is 3.82. The molecule has 3 unspecified atom stereocenters. The molecule has 6 rings (SSSR count). The summed E-state index contributed by atoms with van der Waals surface area (Å²) in [7, 11) is 1.86. The van der Waals surface area contributed by atoms with Crippen LogP contribution in [-0.2, 0) is 7.05 Å². The lowest BCUT2D eigenvalue weighted by Crippen LogP contribution is -2.47. The average molecular weight is 599 g/mol. The Hall–Kier alpha value is -3.62. The highest BCUT2D eigenvalue weighted by Gasteiger charge is 2.33. The molecule has 44 heavy (non-hydrogen) atoms. The molecule has 1 aliphatic heterocycles. The number of primary amides is 1. The van der Waals surface area contributed by atoms with Gasteiger partial charge in [0.25, 0.3) is 5.91 Å². The molecule has 3 fully saturated rings. The Morgan fingerprint density at radius 1 is 0.841 bits per heavy atom. The molecule has 3 atom stereocenters. The summed E-state index contributed by atoms with van der Waals surface area (Å²) in [4.78, 5) is 24.5. The number of carbonyl (C=O) groups is 1. The number of fused-ring (bicyclic) bond motifs is 3. The minimum atomic E-state index is -0.598. The van der Waals surface area contributed by atoms with Crippen molar-refractivity contribution >= 4 is 28.9 Å². The second kappa shape index (κ2) is 14.4. The van der Waals surface area contributed by atoms with Crippen LogP contribution in [0, 0.1) is 5.92 Å². The summed E-state index contributed by atoms with van der Waals surface area (Å²) < 4.78 is 1.71. The molecule has 1 amide bonds. The number of hydrogen-bond acceptors (Lipinski definition) is 7. The molecule has 2 aromatic heterocycles. The maximum absolute atomic E-state index is 12.4. The van der Waals surface area contributed by atoms with Gasteiger partial charge >= 0.3 is 0 Å². The van der Waals surface area contributed by atoms with Crippen molar-refractivity contribution < 1.29 is 4.79 Å². The van der Waals surface area contributed by atoms with Crippen molar-refractivity contribution in [2.45, 2.75) is 114 Å². The SMILES string of the molecule is Cn1cc(Nc2nc(N3CCCCCCCCCCC4CCC(Nc5ccc(C6CC6)cc5)C3CC4)cnc2C(N)=O)cn1. The van der Waals surface area contributed by atoms with Crippen molar-refractivity contribution in [3.05, 3.63) is 54.1 Å². The lowest BCUT2D eigenvalue weighted by molar-refractivity contribution is 0.0996. The van der Waals surface area contributed by atoms with Gasteiger partial charge in [0.05, 0.1) is 24.1 Å². The molecular weight excluding hydrogens is 548 g/mol. The number of aryl methyl sites for hydroxylation is 1. The number of anilines is 4. The van der Waals surface area contributed by atoms with E-state index in [4.69, 9.17) is 10.7 Å². The van der Waals surface area contributed by atoms with E-state index in [0.717, 1.165) is 49.1 Å². The third-order valence-corrected chi connectivity index (χ3v) is 9.95. The van der Waals surface area contributed by atoms with E-state index in [0.29, 0.717) is 5.82 Å². The molecule has 1 aromatic carbocycles. The van der Waals surface area contributed by atoms with Gasteiger partial charge in [0.1, 0.15) is 5.82 Å². The first-order valence-electron chi connectivity index (χ1n) is 17.1. The van der Waals surface area contributed by atoms with Crippen molar-refractivity contribution in [3.8, 4) is 0 Å². The summed E-state index contributed by atoms with van der Waals surface area (Å²) >= 11 is 0. The van der Waals surface area contributed by atoms with Crippen LogP contribution >= 0.6 is 0 Å². The van der Waals surface area contributed by atoms with Crippen LogP contribution < -0.4 is 21.3 Å². The van der Waals surface area contributed by atoms with Crippen LogP contribution in [0.25, 0.3) is 0 Å². The van der Waals surface area contributed by atoms with Crippen LogP contribution in [0.2, 0.25) is 0 Å². The summed E-state index contributed by atoms with van der Waals surface area (Å²) in [5.74, 6) is 2.10. The van der Waals surface area contributed by atoms with Crippen molar-refractivity contribution in [2.75, 3.05) is 22.1 Å². The van der Waals surface area contributed by atoms with Crippen molar-refractivity contribution in [3.63, 3.8) is 0 Å². The summed E-state index contributed by atoms with van der Waals surface area (Å²) in [5, 5.41) is 11.5. The van der Waals surface area contributed by atoms with Crippen LogP contribution in [0.5, 0.6) is 0 Å². The van der Waals surface area contributed by atoms with Crippen LogP contribution in [-0.4, -0.2) is 44.3 Å². The molecule has 9 heteroatoms. The molecule has 3 aromatic rings. The lowest BCUT2D eigenvalue weighted by Gasteiger charge is -2.38. The monoisotopic (exact) mass is 598 g/mol. The zero-order valence-electron chi connectivity index (χ0n) is 26.4. The second-order valence-corrected chi connectivity index (χ2v) is 13.4. The van der Waals surface area contributed by atoms with E-state index in [1.54, 1.807) is 17.1 Å². The zero-order chi connectivity index (χ0) is 30.3. The third-order valence-electron chi connectivity index (χ3n) is 9.95. The summed E-state index contributed by atoms with van der Waals surface area (Å²) in [5.41, 5.74) is 9.30. The summed E-state index contributed by atoms with van der Waals surface area (Å²) in [6, 6.07) is 9.73. The first-order chi connectivity index (χ1) is 21.5. The van der Waals surface area contributed by atoms with Crippen LogP contribution in [0.3, 0.4) is 0 Å². The Kier molecular flexibility index (Phi) is 9.98. The molecule has 2 bridgehead atoms. The molecule has 4 N–H and O–H groups in total. The van der Waals surface area contributed by atoms with Gasteiger partial charge in [0.2, 0.25) is 0 Å². The Morgan fingerprint density at radius 3 is 2.27 bits per heavy atom. The maximum Gasteiger partial charge on any atom is 0.271 e. The van der Waals surface area contributed by atoms with Gasteiger partial charge in [-0.2, -0.15) is 5.10 Å². The molecule has 3 aliphatic rings. The van der Waals surface area contributed by atoms with Gasteiger partial charge in [-0.15, -0.1) is 0 Å². The number of rotatable bonds is 7. The third kappa shape index (κ3) is 7.90. The first-order valence-corrected chi connectivity index (χ1v) is 17.1. The fraction of sp³-hybridized carbons (Fsp3) is 0.600. The van der Waals surface area contributed by atoms with Gasteiger partial charge in [-0.05, 0) is 74.5 Å². The van der Waals surface area contributed by atoms with E-state index >= 15 is 0 Å². The lowest BCUT2D eigenvalue weighted by atomic mass is 9.93. The first kappa shape index (κ1) is 30.4. The molecule has 3 heterocycles. The molecule has 2 aliphatic carbocycles. The number of carbonyl (C=O) groups excluding carboxylic acids is 1. The number of hydrogen-bond donors (Lipinski definition) is 3. The predicted molar refractivity (Wildman–Crippen MR) is 178 cm³/mol. The Balaban J connectivity index is 1.32. The van der Waals surface area contributed by atoms with Gasteiger partial charge in [0, 0.05) is 31.5 Å². The quantitative estimate of drug-likeness (QED) is 0.261. The highest BCUT2D eigenvalue weighted by molar-refractivity contribution is 5.96. The molecule has 0 spiro atoms. The van der Waals surface area contributed by atoms with Gasteiger partial charge in [-0.25, -0.2) is 9.97 Å². The second-order valence-electron chi connectivity index (χ2n) is 13.4. The van der Waals surface area contributed by atoms with E-state index in [9.17, 15) is 4.79 Å². The Bertz CT molecular complexity index is 1370. The summed E-state index contributed by atoms with van der Waals surface area (Å²) in [6.07, 6.45) is 24.4. The van der Waals surface area contributed by atoms with E-state index in [1.807, 2.05) is 13.2 Å². The maximum atomic E-state index is 12.4. The number of nitrogens with one attached hydrogen (secondary N) is 2. The van der Waals surface area contributed by atoms with Crippen molar-refractivity contribution in [1.29, 1.82) is 0 Å². The van der Waals surface area contributed by atoms with Gasteiger partial charge < -0.3 is 21.3 Å². The molecule has 0 radical (unpaired) electrons. The Morgan fingerprint density at radius 2 is 1.57 bits per heavy atom. The number of nitrogens with zero attached hydrogens (tertiary/aromatic N) is 5. The largest absolute Gasteiger partial charge is 0.380 e. The smallest absolute Gasteiger partial charge is 0.271 e. The number of benzene rings is 1. The number of nitrogens with two attached hydrogens (primary N) is 1. The van der Waals surface area contributed by atoms with E-state index in [-0.39, 0.29) is 17.8 Å². The standard InChI is InChI=1S/C35H50N8O/c1-42-24-29(22-38-42)40-35-33(34(36)44)37-23-32(41-35)43-21-9-7-5-3-2-4-6-8-10-25-11-19-30(31(43)20-12-25)39-28-17-15-27(16-18-28)26-13-14-26/h15-18,22-26,30-31,39H,2-14,19-21H2,1H3,(H2,36,44)(H,40,41). The van der Waals surface area contributed by atoms with Gasteiger partial charge in [-0.1, -0.05) is 63.5 Å². The minimum absolute atomic E-state index is 0.141. The highest BCUT2D eigenvalue weighted by atomic mass is 16.1. The topological polar surface area (TPSA) is 114 Å². The molecule has 2 saturated carbocycles. The molecule has 236 valence electrons. The van der Waals surface area contributed by atoms with Gasteiger partial charge in [-0.3, -0.25) is 9.48 Å².